The molecule has 0 saturated heterocycles. The number of rotatable bonds is 0. The molecule has 0 radical (unpaired) electrons. The molecular weight excluding hydrogens is 128 g/mol. The smallest absolute Gasteiger partial charge is 0.190 e. The molecule has 2 heterocycles. The number of nitrogen functional groups attached to an aromatic ring is 1. The molecule has 0 aromatic carbocycles. The Morgan fingerprint density at radius 3 is 3.30 bits per heavy atom. The van der Waals surface area contributed by atoms with Crippen LogP contribution in [0.2, 0.25) is 0 Å². The summed E-state index contributed by atoms with van der Waals surface area (Å²) in [5.41, 5.74) is 6.72. The Bertz CT molecular complexity index is 218. The van der Waals surface area contributed by atoms with Crippen LogP contribution >= 0.6 is 0 Å². The predicted molar refractivity (Wildman–Crippen MR) is 38.5 cm³/mol. The molecule has 1 aliphatic heterocycles. The molecule has 1 aromatic heterocycles. The summed E-state index contributed by atoms with van der Waals surface area (Å²) >= 11 is 0. The maximum absolute atomic E-state index is 5.46. The summed E-state index contributed by atoms with van der Waals surface area (Å²) in [6.45, 7) is 1.86. The lowest BCUT2D eigenvalue weighted by atomic mass is 10.1. The molecule has 1 aliphatic rings. The Kier molecular flexibility index (Phi) is 1.17. The van der Waals surface area contributed by atoms with E-state index in [0.29, 0.717) is 5.88 Å². The monoisotopic (exact) mass is 138 g/mol. The third-order valence-electron chi connectivity index (χ3n) is 1.77. The van der Waals surface area contributed by atoms with E-state index < -0.39 is 0 Å². The van der Waals surface area contributed by atoms with Crippen LogP contribution in [0.3, 0.4) is 0 Å². The highest BCUT2D eigenvalue weighted by molar-refractivity contribution is 5.34. The van der Waals surface area contributed by atoms with Crippen LogP contribution in [0, 0.1) is 0 Å². The van der Waals surface area contributed by atoms with Gasteiger partial charge in [-0.1, -0.05) is 0 Å². The number of nitrogens with two attached hydrogens (primary N) is 1. The van der Waals surface area contributed by atoms with Crippen LogP contribution in [0.4, 0.5) is 5.88 Å². The van der Waals surface area contributed by atoms with E-state index >= 15 is 0 Å². The molecule has 3 nitrogen and oxygen atoms in total. The van der Waals surface area contributed by atoms with Crippen LogP contribution in [0.15, 0.2) is 10.5 Å². The summed E-state index contributed by atoms with van der Waals surface area (Å²) in [5, 5.41) is 3.20. The third kappa shape index (κ3) is 0.789. The number of hydrogen-bond acceptors (Lipinski definition) is 3. The first kappa shape index (κ1) is 5.80. The van der Waals surface area contributed by atoms with E-state index in [1.54, 1.807) is 0 Å². The second-order valence-electron chi connectivity index (χ2n) is 2.52. The van der Waals surface area contributed by atoms with Crippen molar-refractivity contribution in [3.05, 3.63) is 17.4 Å². The molecule has 54 valence electrons. The minimum Gasteiger partial charge on any atom is -0.444 e. The standard InChI is InChI=1S/C7H10N2O/c8-7-3-5-1-2-9-4-6(5)10-7/h3,9H,1-2,4,8H2. The molecule has 2 rings (SSSR count). The van der Waals surface area contributed by atoms with Gasteiger partial charge in [0.25, 0.3) is 0 Å². The summed E-state index contributed by atoms with van der Waals surface area (Å²) in [6.07, 6.45) is 1.04. The van der Waals surface area contributed by atoms with Crippen molar-refractivity contribution < 1.29 is 4.42 Å². The molecule has 0 spiro atoms. The Morgan fingerprint density at radius 2 is 2.50 bits per heavy atom. The minimum absolute atomic E-state index is 0.536. The second kappa shape index (κ2) is 2.02. The summed E-state index contributed by atoms with van der Waals surface area (Å²) in [6, 6.07) is 1.91. The number of fused-ring (bicyclic) bond motifs is 1. The van der Waals surface area contributed by atoms with Crippen molar-refractivity contribution in [2.45, 2.75) is 13.0 Å². The highest BCUT2D eigenvalue weighted by Gasteiger charge is 2.12. The van der Waals surface area contributed by atoms with Crippen molar-refractivity contribution in [1.82, 2.24) is 5.32 Å². The Morgan fingerprint density at radius 1 is 1.60 bits per heavy atom. The summed E-state index contributed by atoms with van der Waals surface area (Å²) in [4.78, 5) is 0. The molecule has 0 atom stereocenters. The molecule has 0 amide bonds. The molecule has 0 aliphatic carbocycles. The van der Waals surface area contributed by atoms with Gasteiger partial charge < -0.3 is 15.5 Å². The summed E-state index contributed by atoms with van der Waals surface area (Å²) in [7, 11) is 0. The number of furan rings is 1. The largest absolute Gasteiger partial charge is 0.444 e. The van der Waals surface area contributed by atoms with Crippen molar-refractivity contribution in [3.8, 4) is 0 Å². The average Bonchev–Trinajstić information content (AvgIpc) is 2.27. The lowest BCUT2D eigenvalue weighted by Crippen LogP contribution is -2.22. The quantitative estimate of drug-likeness (QED) is 0.549. The van der Waals surface area contributed by atoms with Crippen LogP contribution in [0.25, 0.3) is 0 Å². The van der Waals surface area contributed by atoms with Gasteiger partial charge in [0.15, 0.2) is 5.88 Å². The van der Waals surface area contributed by atoms with Crippen molar-refractivity contribution in [1.29, 1.82) is 0 Å². The molecule has 1 aromatic rings. The van der Waals surface area contributed by atoms with E-state index in [-0.39, 0.29) is 0 Å². The van der Waals surface area contributed by atoms with Gasteiger partial charge in [-0.15, -0.1) is 0 Å². The molecule has 0 fully saturated rings. The van der Waals surface area contributed by atoms with Crippen molar-refractivity contribution in [2.75, 3.05) is 12.3 Å². The molecule has 3 N–H and O–H groups in total. The van der Waals surface area contributed by atoms with Gasteiger partial charge >= 0.3 is 0 Å². The van der Waals surface area contributed by atoms with Gasteiger partial charge in [-0.25, -0.2) is 0 Å². The van der Waals surface area contributed by atoms with Gasteiger partial charge in [0.2, 0.25) is 0 Å². The van der Waals surface area contributed by atoms with Crippen LogP contribution in [-0.2, 0) is 13.0 Å². The zero-order valence-electron chi connectivity index (χ0n) is 5.68. The molecule has 3 heteroatoms. The van der Waals surface area contributed by atoms with Crippen LogP contribution < -0.4 is 11.1 Å². The Hall–Kier alpha value is -0.960. The number of nitrogens with one attached hydrogen (secondary N) is 1. The summed E-state index contributed by atoms with van der Waals surface area (Å²) in [5.74, 6) is 1.54. The van der Waals surface area contributed by atoms with E-state index in [4.69, 9.17) is 10.2 Å². The zero-order valence-corrected chi connectivity index (χ0v) is 5.68. The first-order valence-corrected chi connectivity index (χ1v) is 3.44. The third-order valence-corrected chi connectivity index (χ3v) is 1.77. The fourth-order valence-corrected chi connectivity index (χ4v) is 1.28. The van der Waals surface area contributed by atoms with Crippen molar-refractivity contribution >= 4 is 5.88 Å². The van der Waals surface area contributed by atoms with Gasteiger partial charge in [-0.05, 0) is 18.5 Å². The van der Waals surface area contributed by atoms with Gasteiger partial charge in [0.1, 0.15) is 5.76 Å². The maximum atomic E-state index is 5.46. The predicted octanol–water partition coefficient (Wildman–Crippen LogP) is 0.508. The lowest BCUT2D eigenvalue weighted by molar-refractivity contribution is 0.475. The Labute approximate surface area is 59.2 Å². The zero-order chi connectivity index (χ0) is 6.97. The maximum Gasteiger partial charge on any atom is 0.190 e. The highest BCUT2D eigenvalue weighted by atomic mass is 16.4. The number of anilines is 1. The van der Waals surface area contributed by atoms with Crippen LogP contribution in [-0.4, -0.2) is 6.54 Å². The first-order chi connectivity index (χ1) is 4.86. The lowest BCUT2D eigenvalue weighted by Gasteiger charge is -2.09. The van der Waals surface area contributed by atoms with E-state index in [2.05, 4.69) is 5.32 Å². The fourth-order valence-electron chi connectivity index (χ4n) is 1.28. The van der Waals surface area contributed by atoms with E-state index in [9.17, 15) is 0 Å². The van der Waals surface area contributed by atoms with Crippen LogP contribution in [0.1, 0.15) is 11.3 Å². The van der Waals surface area contributed by atoms with Gasteiger partial charge in [0, 0.05) is 6.07 Å². The van der Waals surface area contributed by atoms with E-state index in [0.717, 1.165) is 25.3 Å². The summed E-state index contributed by atoms with van der Waals surface area (Å²) < 4.78 is 5.22. The topological polar surface area (TPSA) is 51.2 Å². The van der Waals surface area contributed by atoms with Crippen molar-refractivity contribution in [3.63, 3.8) is 0 Å². The van der Waals surface area contributed by atoms with E-state index in [1.807, 2.05) is 6.07 Å². The van der Waals surface area contributed by atoms with Gasteiger partial charge in [-0.3, -0.25) is 0 Å². The van der Waals surface area contributed by atoms with Gasteiger partial charge in [-0.2, -0.15) is 0 Å². The van der Waals surface area contributed by atoms with Gasteiger partial charge in [0.05, 0.1) is 6.54 Å². The molecule has 0 unspecified atom stereocenters. The SMILES string of the molecule is Nc1cc2c(o1)CNCC2. The number of hydrogen-bond donors (Lipinski definition) is 2. The molecule has 0 bridgehead atoms. The first-order valence-electron chi connectivity index (χ1n) is 3.44. The highest BCUT2D eigenvalue weighted by Crippen LogP contribution is 2.19. The second-order valence-corrected chi connectivity index (χ2v) is 2.52. The van der Waals surface area contributed by atoms with Crippen molar-refractivity contribution in [2.24, 2.45) is 0 Å². The minimum atomic E-state index is 0.536. The fraction of sp³-hybridized carbons (Fsp3) is 0.429. The molecular formula is C7H10N2O. The van der Waals surface area contributed by atoms with Crippen LogP contribution in [0.5, 0.6) is 0 Å². The van der Waals surface area contributed by atoms with E-state index in [1.165, 1.54) is 5.56 Å². The Balaban J connectivity index is 2.41. The molecule has 10 heavy (non-hydrogen) atoms. The normalized spacial score (nSPS) is 16.8. The average molecular weight is 138 g/mol. The molecule has 0 saturated carbocycles.